The van der Waals surface area contributed by atoms with Crippen LogP contribution < -0.4 is 0 Å². The van der Waals surface area contributed by atoms with Gasteiger partial charge < -0.3 is 37.0 Å². The molecule has 1 fully saturated rings. The summed E-state index contributed by atoms with van der Waals surface area (Å²) in [5.74, 6) is 0. The highest BCUT2D eigenvalue weighted by Crippen LogP contribution is 2.36. The molecule has 0 saturated carbocycles. The van der Waals surface area contributed by atoms with Gasteiger partial charge in [-0.1, -0.05) is 0 Å². The maximum Gasteiger partial charge on any atom is 0.374 e. The second-order valence-corrected chi connectivity index (χ2v) is 38.8. The van der Waals surface area contributed by atoms with Crippen LogP contribution in [0.25, 0.3) is 0 Å². The van der Waals surface area contributed by atoms with E-state index in [-0.39, 0.29) is 0 Å². The molecule has 0 aromatic rings. The van der Waals surface area contributed by atoms with Crippen LogP contribution in [0.2, 0.25) is 0 Å². The normalized spacial score (nSPS) is 23.3. The van der Waals surface area contributed by atoms with Crippen molar-refractivity contribution in [2.75, 3.05) is 0 Å². The summed E-state index contributed by atoms with van der Waals surface area (Å²) < 4.78 is 62.0. The largest absolute Gasteiger partial charge is 0.403 e. The molecule has 0 aromatic heterocycles. The first-order chi connectivity index (χ1) is 25.5. The molecule has 54 heavy (non-hydrogen) atoms. The summed E-state index contributed by atoms with van der Waals surface area (Å²) in [6.45, 7) is 73.2. The molecule has 1 heterocycles. The van der Waals surface area contributed by atoms with E-state index < -0.39 is 77.0 Å². The maximum absolute atomic E-state index is 6.89. The van der Waals surface area contributed by atoms with E-state index in [1.165, 1.54) is 103 Å². The van der Waals surface area contributed by atoms with Crippen molar-refractivity contribution in [1.29, 1.82) is 0 Å². The minimum Gasteiger partial charge on any atom is -0.403 e. The highest BCUT2D eigenvalue weighted by molar-refractivity contribution is 7.05. The zero-order valence-corrected chi connectivity index (χ0v) is 40.3. The summed E-state index contributed by atoms with van der Waals surface area (Å²) in [6, 6.07) is 0. The highest BCUT2D eigenvalue weighted by Gasteiger charge is 2.59. The third-order valence-corrected chi connectivity index (χ3v) is 41.2. The molecule has 9 nitrogen and oxygen atoms in total. The molecule has 0 amide bonds. The fourth-order valence-corrected chi connectivity index (χ4v) is 41.0. The van der Waals surface area contributed by atoms with Crippen molar-refractivity contribution in [3.63, 3.8) is 0 Å². The second kappa shape index (κ2) is 19.7. The summed E-state index contributed by atoms with van der Waals surface area (Å²) in [5.41, 5.74) is 27.2. The molecular formula is C36H54O9Si9. The van der Waals surface area contributed by atoms with Gasteiger partial charge in [0, 0.05) is 0 Å². The van der Waals surface area contributed by atoms with Gasteiger partial charge in [-0.05, 0) is 103 Å². The van der Waals surface area contributed by atoms with Crippen molar-refractivity contribution in [3.05, 3.63) is 221 Å². The molecule has 288 valence electrons. The molecule has 1 saturated heterocycles. The quantitative estimate of drug-likeness (QED) is 0.127. The molecule has 0 unspecified atom stereocenters. The Morgan fingerprint density at radius 1 is 0.148 bits per heavy atom. The molecule has 0 N–H and O–H groups in total. The van der Waals surface area contributed by atoms with Gasteiger partial charge in [0.25, 0.3) is 0 Å². The lowest BCUT2D eigenvalue weighted by Crippen LogP contribution is -2.67. The van der Waals surface area contributed by atoms with Gasteiger partial charge in [0.05, 0.1) is 0 Å². The van der Waals surface area contributed by atoms with Crippen molar-refractivity contribution in [3.8, 4) is 0 Å². The minimum absolute atomic E-state index is 1.51. The Hall–Kier alpha value is -3.09. The summed E-state index contributed by atoms with van der Waals surface area (Å²) in [6.07, 6.45) is 0. The second-order valence-electron chi connectivity index (χ2n) is 11.1. The average Bonchev–Trinajstić information content (AvgIpc) is 3.23. The molecule has 0 spiro atoms. The van der Waals surface area contributed by atoms with E-state index in [0.29, 0.717) is 0 Å². The van der Waals surface area contributed by atoms with Crippen LogP contribution in [0.15, 0.2) is 221 Å². The van der Waals surface area contributed by atoms with Crippen LogP contribution in [0, 0.1) is 0 Å². The van der Waals surface area contributed by atoms with E-state index in [4.69, 9.17) is 37.0 Å². The highest BCUT2D eigenvalue weighted by atomic mass is 28.5. The van der Waals surface area contributed by atoms with Crippen molar-refractivity contribution < 1.29 is 37.0 Å². The summed E-state index contributed by atoms with van der Waals surface area (Å²) >= 11 is 0. The number of hydrogen-bond donors (Lipinski definition) is 0. The third-order valence-electron chi connectivity index (χ3n) is 7.99. The first-order valence-corrected chi connectivity index (χ1v) is 34.0. The lowest BCUT2D eigenvalue weighted by Gasteiger charge is -2.47. The van der Waals surface area contributed by atoms with E-state index in [1.54, 1.807) is 0 Å². The topological polar surface area (TPSA) is 83.1 Å². The Kier molecular flexibility index (Phi) is 17.8. The molecule has 0 aromatic carbocycles. The molecule has 1 rings (SSSR count). The van der Waals surface area contributed by atoms with Gasteiger partial charge in [-0.15, -0.1) is 118 Å². The van der Waals surface area contributed by atoms with Crippen molar-refractivity contribution >= 4 is 77.0 Å². The maximum atomic E-state index is 6.89. The molecular weight excluding hydrogens is 829 g/mol. The van der Waals surface area contributed by atoms with Gasteiger partial charge in [0.15, 0.2) is 0 Å². The Labute approximate surface area is 333 Å². The van der Waals surface area contributed by atoms with Crippen molar-refractivity contribution in [2.24, 2.45) is 0 Å². The van der Waals surface area contributed by atoms with Gasteiger partial charge >= 0.3 is 77.0 Å². The molecule has 0 atom stereocenters. The fraction of sp³-hybridized carbons (Fsp3) is 0. The van der Waals surface area contributed by atoms with Crippen molar-refractivity contribution in [2.45, 2.75) is 0 Å². The zero-order valence-electron chi connectivity index (χ0n) is 31.3. The van der Waals surface area contributed by atoms with E-state index in [2.05, 4.69) is 118 Å². The van der Waals surface area contributed by atoms with Gasteiger partial charge in [0.2, 0.25) is 0 Å². The minimum atomic E-state index is -3.85. The van der Waals surface area contributed by atoms with E-state index in [0.717, 1.165) is 0 Å². The predicted octanol–water partition coefficient (Wildman–Crippen LogP) is 8.18. The number of hydrogen-bond acceptors (Lipinski definition) is 9. The van der Waals surface area contributed by atoms with Crippen LogP contribution in [0.5, 0.6) is 0 Å². The van der Waals surface area contributed by atoms with Crippen LogP contribution in [-0.2, 0) is 37.0 Å². The van der Waals surface area contributed by atoms with Crippen LogP contribution in [0.1, 0.15) is 0 Å². The molecule has 1 aliphatic heterocycles. The predicted molar refractivity (Wildman–Crippen MR) is 245 cm³/mol. The van der Waals surface area contributed by atoms with E-state index >= 15 is 0 Å². The van der Waals surface area contributed by atoms with E-state index in [1.807, 2.05) is 0 Å². The Morgan fingerprint density at radius 3 is 0.241 bits per heavy atom. The van der Waals surface area contributed by atoms with Crippen LogP contribution in [-0.4, -0.2) is 77.0 Å². The average molecular weight is 884 g/mol. The lowest BCUT2D eigenvalue weighted by atomic mass is 11.2. The fourth-order valence-electron chi connectivity index (χ4n) is 4.68. The van der Waals surface area contributed by atoms with Crippen LogP contribution in [0.3, 0.4) is 0 Å². The van der Waals surface area contributed by atoms with Gasteiger partial charge in [-0.25, -0.2) is 0 Å². The molecule has 0 aliphatic carbocycles. The first kappa shape index (κ1) is 48.9. The summed E-state index contributed by atoms with van der Waals surface area (Å²) in [7, 11) is -34.6. The van der Waals surface area contributed by atoms with Gasteiger partial charge in [0.1, 0.15) is 0 Å². The Morgan fingerprint density at radius 2 is 0.204 bits per heavy atom. The third kappa shape index (κ3) is 10.2. The monoisotopic (exact) mass is 882 g/mol. The van der Waals surface area contributed by atoms with Gasteiger partial charge in [-0.2, -0.15) is 0 Å². The number of rotatable bonds is 18. The molecule has 1 aliphatic rings. The van der Waals surface area contributed by atoms with Crippen LogP contribution in [0.4, 0.5) is 0 Å². The Balaban J connectivity index is 4.65. The van der Waals surface area contributed by atoms with Gasteiger partial charge in [-0.3, -0.25) is 0 Å². The zero-order chi connectivity index (χ0) is 41.6. The summed E-state index contributed by atoms with van der Waals surface area (Å²) in [4.78, 5) is 0. The SMILES string of the molecule is C=C[Si]1(C=C)O[Si](C=C)(C=C)O[Si](C=C)(C=C)O[Si](C=C)(C=C)O[Si](C=C)(C=C)O[Si](C=C)(C=C)O[Si](C=C)(C=C)O[Si](C=C)(C=C)O[Si](C=C)(C=C)O1. The van der Waals surface area contributed by atoms with Crippen molar-refractivity contribution in [1.82, 2.24) is 0 Å². The molecule has 18 heteroatoms. The summed E-state index contributed by atoms with van der Waals surface area (Å²) in [5, 5.41) is 0. The lowest BCUT2D eigenvalue weighted by molar-refractivity contribution is 0.265. The molecule has 0 bridgehead atoms. The van der Waals surface area contributed by atoms with Crippen LogP contribution >= 0.6 is 0 Å². The molecule has 0 radical (unpaired) electrons. The smallest absolute Gasteiger partial charge is 0.374 e. The standard InChI is InChI=1S/C36H54O9Si9/c1-19-46(20-2)37-47(21-3,22-4)39-49(25-7,26-8)41-51(29-11,30-12)43-53(33-15,34-16)45-54(35-17,36-18)44-52(31-13,32-14)42-50(27-9,28-10)40-48(23-5,24-6)38-46/h19-36H,1-18H2. The Bertz CT molecular complexity index is 1140. The first-order valence-electron chi connectivity index (χ1n) is 16.2. The van der Waals surface area contributed by atoms with E-state index in [9.17, 15) is 0 Å².